The summed E-state index contributed by atoms with van der Waals surface area (Å²) in [5.41, 5.74) is 2.30. The fourth-order valence-electron chi connectivity index (χ4n) is 1.73. The van der Waals surface area contributed by atoms with Gasteiger partial charge < -0.3 is 8.85 Å². The minimum Gasteiger partial charge on any atom is -0.398 e. The highest BCUT2D eigenvalue weighted by Crippen LogP contribution is 2.17. The molecule has 0 fully saturated rings. The van der Waals surface area contributed by atoms with E-state index in [1.165, 1.54) is 5.56 Å². The van der Waals surface area contributed by atoms with E-state index in [-0.39, 0.29) is 0 Å². The second-order valence-corrected chi connectivity index (χ2v) is 7.79. The molecule has 0 aliphatic carbocycles. The molecule has 1 rings (SSSR count). The first-order valence-corrected chi connectivity index (χ1v) is 8.56. The van der Waals surface area contributed by atoms with Crippen LogP contribution in [0.25, 0.3) is 6.08 Å². The molecular weight excluding hydrogens is 228 g/mol. The van der Waals surface area contributed by atoms with Crippen molar-refractivity contribution in [1.82, 2.24) is 0 Å². The Labute approximate surface area is 106 Å². The van der Waals surface area contributed by atoms with E-state index in [0.717, 1.165) is 18.0 Å². The molecule has 1 aromatic carbocycles. The summed E-state index contributed by atoms with van der Waals surface area (Å²) in [6.07, 6.45) is 2.95. The lowest BCUT2D eigenvalue weighted by Crippen LogP contribution is -2.36. The Morgan fingerprint density at radius 2 is 2.18 bits per heavy atom. The fraction of sp³-hybridized carbons (Fsp3) is 0.429. The van der Waals surface area contributed by atoms with E-state index in [1.54, 1.807) is 7.11 Å². The third kappa shape index (κ3) is 4.46. The van der Waals surface area contributed by atoms with Gasteiger partial charge in [-0.1, -0.05) is 44.2 Å². The first-order valence-electron chi connectivity index (χ1n) is 6.04. The number of rotatable bonds is 7. The van der Waals surface area contributed by atoms with Gasteiger partial charge in [0.25, 0.3) is 0 Å². The first-order chi connectivity index (χ1) is 8.13. The van der Waals surface area contributed by atoms with Gasteiger partial charge in [0.15, 0.2) is 0 Å². The van der Waals surface area contributed by atoms with Crippen molar-refractivity contribution in [3.05, 3.63) is 42.0 Å². The monoisotopic (exact) mass is 250 g/mol. The molecule has 94 valence electrons. The average Bonchev–Trinajstić information content (AvgIpc) is 2.37. The van der Waals surface area contributed by atoms with Crippen LogP contribution in [-0.2, 0) is 15.5 Å². The van der Waals surface area contributed by atoms with Crippen molar-refractivity contribution in [3.63, 3.8) is 0 Å². The van der Waals surface area contributed by atoms with Gasteiger partial charge in [0.1, 0.15) is 0 Å². The van der Waals surface area contributed by atoms with Gasteiger partial charge in [-0.3, -0.25) is 0 Å². The molecule has 0 aromatic heterocycles. The number of hydrogen-bond acceptors (Lipinski definition) is 2. The third-order valence-electron chi connectivity index (χ3n) is 2.87. The van der Waals surface area contributed by atoms with Crippen LogP contribution in [0.1, 0.15) is 24.5 Å². The zero-order chi connectivity index (χ0) is 12.7. The van der Waals surface area contributed by atoms with Gasteiger partial charge in [0.2, 0.25) is 0 Å². The summed E-state index contributed by atoms with van der Waals surface area (Å²) < 4.78 is 11.5. The summed E-state index contributed by atoms with van der Waals surface area (Å²) in [5.74, 6) is 0. The molecule has 0 aliphatic heterocycles. The molecular formula is C14H22O2Si. The van der Waals surface area contributed by atoms with Crippen LogP contribution in [0.4, 0.5) is 0 Å². The van der Waals surface area contributed by atoms with Gasteiger partial charge in [0.05, 0.1) is 6.61 Å². The topological polar surface area (TPSA) is 18.5 Å². The van der Waals surface area contributed by atoms with Crippen LogP contribution in [0.5, 0.6) is 0 Å². The van der Waals surface area contributed by atoms with Crippen molar-refractivity contribution >= 4 is 14.6 Å². The summed E-state index contributed by atoms with van der Waals surface area (Å²) in [4.78, 5) is 0. The standard InChI is InChI=1S/C14H22O2Si/c1-5-10-17(4,15-3)16-12-14-9-7-8-13(6-2)11-14/h6-9,11H,2,5,10,12H2,1,3-4H3. The molecule has 0 bridgehead atoms. The van der Waals surface area contributed by atoms with Crippen LogP contribution in [0.2, 0.25) is 12.6 Å². The molecule has 0 spiro atoms. The van der Waals surface area contributed by atoms with Crippen molar-refractivity contribution in [2.75, 3.05) is 7.11 Å². The Hall–Kier alpha value is -0.903. The molecule has 3 heteroatoms. The predicted molar refractivity (Wildman–Crippen MR) is 75.0 cm³/mol. The van der Waals surface area contributed by atoms with Gasteiger partial charge in [-0.15, -0.1) is 0 Å². The van der Waals surface area contributed by atoms with Crippen LogP contribution in [-0.4, -0.2) is 15.7 Å². The van der Waals surface area contributed by atoms with Crippen LogP contribution >= 0.6 is 0 Å². The summed E-state index contributed by atoms with van der Waals surface area (Å²) in [5, 5.41) is 0. The normalized spacial score (nSPS) is 14.3. The van der Waals surface area contributed by atoms with Gasteiger partial charge in [-0.2, -0.15) is 0 Å². The van der Waals surface area contributed by atoms with E-state index in [9.17, 15) is 0 Å². The van der Waals surface area contributed by atoms with Gasteiger partial charge in [-0.05, 0) is 29.8 Å². The molecule has 0 saturated carbocycles. The van der Waals surface area contributed by atoms with Crippen LogP contribution in [0.15, 0.2) is 30.8 Å². The highest BCUT2D eigenvalue weighted by atomic mass is 28.4. The minimum atomic E-state index is -1.96. The smallest absolute Gasteiger partial charge is 0.334 e. The fourth-order valence-corrected chi connectivity index (χ4v) is 3.58. The maximum Gasteiger partial charge on any atom is 0.334 e. The zero-order valence-corrected chi connectivity index (χ0v) is 12.0. The first kappa shape index (κ1) is 14.2. The van der Waals surface area contributed by atoms with E-state index in [1.807, 2.05) is 18.2 Å². The van der Waals surface area contributed by atoms with E-state index >= 15 is 0 Å². The molecule has 1 aromatic rings. The number of hydrogen-bond donors (Lipinski definition) is 0. The van der Waals surface area contributed by atoms with Crippen molar-refractivity contribution in [2.45, 2.75) is 32.5 Å². The average molecular weight is 250 g/mol. The molecule has 0 radical (unpaired) electrons. The highest BCUT2D eigenvalue weighted by Gasteiger charge is 2.28. The molecule has 0 N–H and O–H groups in total. The maximum atomic E-state index is 5.99. The molecule has 17 heavy (non-hydrogen) atoms. The predicted octanol–water partition coefficient (Wildman–Crippen LogP) is 3.97. The number of benzene rings is 1. The van der Waals surface area contributed by atoms with Crippen LogP contribution in [0, 0.1) is 0 Å². The lowest BCUT2D eigenvalue weighted by molar-refractivity contribution is 0.195. The lowest BCUT2D eigenvalue weighted by atomic mass is 10.1. The Bertz CT molecular complexity index is 365. The molecule has 1 unspecified atom stereocenters. The van der Waals surface area contributed by atoms with Crippen LogP contribution in [0.3, 0.4) is 0 Å². The second-order valence-electron chi connectivity index (χ2n) is 4.33. The van der Waals surface area contributed by atoms with Gasteiger partial charge in [-0.25, -0.2) is 0 Å². The minimum absolute atomic E-state index is 0.623. The van der Waals surface area contributed by atoms with Crippen molar-refractivity contribution in [1.29, 1.82) is 0 Å². The largest absolute Gasteiger partial charge is 0.398 e. The lowest BCUT2D eigenvalue weighted by Gasteiger charge is -2.24. The maximum absolute atomic E-state index is 5.99. The van der Waals surface area contributed by atoms with E-state index in [2.05, 4.69) is 32.2 Å². The Morgan fingerprint density at radius 3 is 2.76 bits per heavy atom. The Balaban J connectivity index is 2.62. The third-order valence-corrected chi connectivity index (χ3v) is 5.89. The Kier molecular flexibility index (Phi) is 5.61. The van der Waals surface area contributed by atoms with E-state index < -0.39 is 8.56 Å². The summed E-state index contributed by atoms with van der Waals surface area (Å²) in [6.45, 7) is 8.67. The highest BCUT2D eigenvalue weighted by molar-refractivity contribution is 6.65. The molecule has 0 aliphatic rings. The molecule has 2 nitrogen and oxygen atoms in total. The van der Waals surface area contributed by atoms with Gasteiger partial charge in [0, 0.05) is 7.11 Å². The van der Waals surface area contributed by atoms with Gasteiger partial charge >= 0.3 is 8.56 Å². The quantitative estimate of drug-likeness (QED) is 0.682. The van der Waals surface area contributed by atoms with E-state index in [0.29, 0.717) is 6.61 Å². The summed E-state index contributed by atoms with van der Waals surface area (Å²) in [7, 11) is -0.208. The summed E-state index contributed by atoms with van der Waals surface area (Å²) in [6, 6.07) is 9.27. The van der Waals surface area contributed by atoms with Crippen LogP contribution < -0.4 is 0 Å². The Morgan fingerprint density at radius 1 is 1.41 bits per heavy atom. The van der Waals surface area contributed by atoms with Crippen molar-refractivity contribution < 1.29 is 8.85 Å². The second kappa shape index (κ2) is 6.74. The SMILES string of the molecule is C=Cc1cccc(CO[Si](C)(CCC)OC)c1. The van der Waals surface area contributed by atoms with Crippen molar-refractivity contribution in [2.24, 2.45) is 0 Å². The molecule has 1 atom stereocenters. The molecule has 0 saturated heterocycles. The molecule has 0 heterocycles. The van der Waals surface area contributed by atoms with Crippen molar-refractivity contribution in [3.8, 4) is 0 Å². The zero-order valence-electron chi connectivity index (χ0n) is 11.0. The summed E-state index contributed by atoms with van der Waals surface area (Å²) >= 11 is 0. The van der Waals surface area contributed by atoms with E-state index in [4.69, 9.17) is 8.85 Å². The molecule has 0 amide bonds.